The molecule has 0 spiro atoms. The van der Waals surface area contributed by atoms with Gasteiger partial charge in [-0.15, -0.1) is 0 Å². The average Bonchev–Trinajstić information content (AvgIpc) is 2.74. The summed E-state index contributed by atoms with van der Waals surface area (Å²) in [6.07, 6.45) is 1.69. The minimum Gasteiger partial charge on any atom is -0.322 e. The molecule has 0 atom stereocenters. The maximum Gasteiger partial charge on any atom is 0.259 e. The molecule has 1 amide bonds. The normalized spacial score (nSPS) is 11.5. The highest BCUT2D eigenvalue weighted by Crippen LogP contribution is 2.22. The van der Waals surface area contributed by atoms with Crippen LogP contribution in [0.25, 0.3) is 22.0 Å². The summed E-state index contributed by atoms with van der Waals surface area (Å²) in [5.41, 5.74) is 3.39. The van der Waals surface area contributed by atoms with Crippen LogP contribution in [0.4, 0.5) is 5.69 Å². The molecule has 4 aromatic rings. The van der Waals surface area contributed by atoms with Crippen LogP contribution < -0.4 is 10.9 Å². The zero-order valence-corrected chi connectivity index (χ0v) is 16.9. The van der Waals surface area contributed by atoms with Crippen molar-refractivity contribution in [2.24, 2.45) is 0 Å². The summed E-state index contributed by atoms with van der Waals surface area (Å²) in [7, 11) is 0. The minimum absolute atomic E-state index is 0.192. The number of halogens is 1. The molecule has 1 aromatic heterocycles. The SMILES string of the molecule is Cc1ccc(C(=O)Nc2cccc(C=C(Cl)c3nc4ccccc4c(=O)[nH]3)c2)cc1. The summed E-state index contributed by atoms with van der Waals surface area (Å²) < 4.78 is 0. The zero-order chi connectivity index (χ0) is 21.1. The van der Waals surface area contributed by atoms with E-state index in [0.717, 1.165) is 11.1 Å². The van der Waals surface area contributed by atoms with E-state index in [4.69, 9.17) is 11.6 Å². The highest BCUT2D eigenvalue weighted by atomic mass is 35.5. The maximum absolute atomic E-state index is 12.4. The summed E-state index contributed by atoms with van der Waals surface area (Å²) in [4.78, 5) is 31.8. The first-order valence-corrected chi connectivity index (χ1v) is 9.72. The van der Waals surface area contributed by atoms with Crippen LogP contribution in [0.1, 0.15) is 27.3 Å². The van der Waals surface area contributed by atoms with Crippen molar-refractivity contribution in [1.82, 2.24) is 9.97 Å². The number of benzene rings is 3. The smallest absolute Gasteiger partial charge is 0.259 e. The Kier molecular flexibility index (Phi) is 5.46. The fourth-order valence-electron chi connectivity index (χ4n) is 3.03. The van der Waals surface area contributed by atoms with Gasteiger partial charge in [-0.3, -0.25) is 9.59 Å². The first-order chi connectivity index (χ1) is 14.5. The summed E-state index contributed by atoms with van der Waals surface area (Å²) in [5, 5.41) is 3.68. The number of carbonyl (C=O) groups excluding carboxylic acids is 1. The second-order valence-electron chi connectivity index (χ2n) is 6.87. The third-order valence-corrected chi connectivity index (χ3v) is 4.88. The Morgan fingerprint density at radius 2 is 1.80 bits per heavy atom. The van der Waals surface area contributed by atoms with E-state index in [9.17, 15) is 9.59 Å². The molecule has 1 heterocycles. The summed E-state index contributed by atoms with van der Waals surface area (Å²) in [5.74, 6) is 0.0946. The Labute approximate surface area is 178 Å². The number of para-hydroxylation sites is 1. The first kappa shape index (κ1) is 19.6. The molecule has 0 aliphatic rings. The van der Waals surface area contributed by atoms with Gasteiger partial charge in [-0.25, -0.2) is 4.98 Å². The van der Waals surface area contributed by atoms with E-state index in [1.165, 1.54) is 0 Å². The predicted octanol–water partition coefficient (Wildman–Crippen LogP) is 5.22. The number of aromatic nitrogens is 2. The molecule has 4 rings (SSSR count). The molecule has 0 saturated heterocycles. The molecule has 2 N–H and O–H groups in total. The monoisotopic (exact) mass is 415 g/mol. The largest absolute Gasteiger partial charge is 0.322 e. The number of hydrogen-bond acceptors (Lipinski definition) is 3. The number of anilines is 1. The van der Waals surface area contributed by atoms with E-state index in [0.29, 0.717) is 27.2 Å². The highest BCUT2D eigenvalue weighted by Gasteiger charge is 2.08. The number of aryl methyl sites for hydroxylation is 1. The number of hydrogen-bond donors (Lipinski definition) is 2. The van der Waals surface area contributed by atoms with Crippen LogP contribution in [-0.4, -0.2) is 15.9 Å². The Hall–Kier alpha value is -3.70. The number of aromatic amines is 1. The molecule has 148 valence electrons. The van der Waals surface area contributed by atoms with Crippen LogP contribution in [0.15, 0.2) is 77.6 Å². The summed E-state index contributed by atoms with van der Waals surface area (Å²) >= 11 is 6.42. The van der Waals surface area contributed by atoms with Crippen LogP contribution in [0.5, 0.6) is 0 Å². The predicted molar refractivity (Wildman–Crippen MR) is 122 cm³/mol. The van der Waals surface area contributed by atoms with Gasteiger partial charge in [-0.2, -0.15) is 0 Å². The van der Waals surface area contributed by atoms with Crippen molar-refractivity contribution >= 4 is 45.2 Å². The number of amides is 1. The van der Waals surface area contributed by atoms with Gasteiger partial charge >= 0.3 is 0 Å². The van der Waals surface area contributed by atoms with E-state index in [1.807, 2.05) is 37.3 Å². The first-order valence-electron chi connectivity index (χ1n) is 9.34. The summed E-state index contributed by atoms with van der Waals surface area (Å²) in [6.45, 7) is 1.97. The molecule has 0 unspecified atom stereocenters. The molecule has 0 aliphatic carbocycles. The van der Waals surface area contributed by atoms with E-state index in [2.05, 4.69) is 15.3 Å². The molecule has 0 radical (unpaired) electrons. The molecule has 0 fully saturated rings. The van der Waals surface area contributed by atoms with Gasteiger partial charge in [-0.1, -0.05) is 53.6 Å². The lowest BCUT2D eigenvalue weighted by Crippen LogP contribution is -2.11. The quantitative estimate of drug-likeness (QED) is 0.479. The number of rotatable bonds is 4. The fraction of sp³-hybridized carbons (Fsp3) is 0.0417. The lowest BCUT2D eigenvalue weighted by molar-refractivity contribution is 0.102. The molecular formula is C24H18ClN3O2. The molecule has 0 aliphatic heterocycles. The Bertz CT molecular complexity index is 1320. The van der Waals surface area contributed by atoms with Crippen LogP contribution in [0.3, 0.4) is 0 Å². The maximum atomic E-state index is 12.4. The van der Waals surface area contributed by atoms with Crippen LogP contribution in [0, 0.1) is 6.92 Å². The van der Waals surface area contributed by atoms with E-state index >= 15 is 0 Å². The third kappa shape index (κ3) is 4.31. The zero-order valence-electron chi connectivity index (χ0n) is 16.1. The van der Waals surface area contributed by atoms with E-state index in [-0.39, 0.29) is 17.3 Å². The van der Waals surface area contributed by atoms with Crippen molar-refractivity contribution in [3.8, 4) is 0 Å². The molecule has 6 heteroatoms. The van der Waals surface area contributed by atoms with Gasteiger partial charge < -0.3 is 10.3 Å². The van der Waals surface area contributed by atoms with Crippen LogP contribution >= 0.6 is 11.6 Å². The van der Waals surface area contributed by atoms with Crippen molar-refractivity contribution in [2.45, 2.75) is 6.92 Å². The minimum atomic E-state index is -0.249. The van der Waals surface area contributed by atoms with Crippen molar-refractivity contribution < 1.29 is 4.79 Å². The van der Waals surface area contributed by atoms with Gasteiger partial charge in [0.2, 0.25) is 0 Å². The Morgan fingerprint density at radius 3 is 2.60 bits per heavy atom. The molecule has 0 saturated carbocycles. The number of nitrogens with one attached hydrogen (secondary N) is 2. The second kappa shape index (κ2) is 8.35. The number of fused-ring (bicyclic) bond motifs is 1. The third-order valence-electron chi connectivity index (χ3n) is 4.59. The van der Waals surface area contributed by atoms with Gasteiger partial charge in [0.1, 0.15) is 0 Å². The van der Waals surface area contributed by atoms with Gasteiger partial charge in [0.15, 0.2) is 5.82 Å². The lowest BCUT2D eigenvalue weighted by Gasteiger charge is -2.07. The van der Waals surface area contributed by atoms with Gasteiger partial charge in [0, 0.05) is 11.3 Å². The van der Waals surface area contributed by atoms with Crippen LogP contribution in [0.2, 0.25) is 0 Å². The molecule has 5 nitrogen and oxygen atoms in total. The van der Waals surface area contributed by atoms with Gasteiger partial charge in [0.05, 0.1) is 15.9 Å². The second-order valence-corrected chi connectivity index (χ2v) is 7.28. The lowest BCUT2D eigenvalue weighted by atomic mass is 10.1. The number of carbonyl (C=O) groups is 1. The molecular weight excluding hydrogens is 398 g/mol. The topological polar surface area (TPSA) is 74.8 Å². The number of H-pyrrole nitrogens is 1. The molecule has 3 aromatic carbocycles. The standard InChI is InChI=1S/C24H18ClN3O2/c1-15-9-11-17(12-10-15)23(29)26-18-6-4-5-16(13-18)14-20(25)22-27-21-8-3-2-7-19(21)24(30)28-22/h2-14H,1H3,(H,26,29)(H,27,28,30). The Balaban J connectivity index is 1.59. The van der Waals surface area contributed by atoms with E-state index in [1.54, 1.807) is 48.5 Å². The Morgan fingerprint density at radius 1 is 1.03 bits per heavy atom. The van der Waals surface area contributed by atoms with Crippen molar-refractivity contribution in [3.05, 3.63) is 106 Å². The molecule has 30 heavy (non-hydrogen) atoms. The van der Waals surface area contributed by atoms with E-state index < -0.39 is 0 Å². The van der Waals surface area contributed by atoms with Gasteiger partial charge in [-0.05, 0) is 55.0 Å². The van der Waals surface area contributed by atoms with Crippen molar-refractivity contribution in [1.29, 1.82) is 0 Å². The number of nitrogens with zero attached hydrogens (tertiary/aromatic N) is 1. The van der Waals surface area contributed by atoms with Gasteiger partial charge in [0.25, 0.3) is 11.5 Å². The average molecular weight is 416 g/mol. The fourth-order valence-corrected chi connectivity index (χ4v) is 3.24. The molecule has 0 bridgehead atoms. The van der Waals surface area contributed by atoms with Crippen LogP contribution in [-0.2, 0) is 0 Å². The highest BCUT2D eigenvalue weighted by molar-refractivity contribution is 6.50. The van der Waals surface area contributed by atoms with Crippen molar-refractivity contribution in [3.63, 3.8) is 0 Å². The van der Waals surface area contributed by atoms with Crippen molar-refractivity contribution in [2.75, 3.05) is 5.32 Å². The summed E-state index contributed by atoms with van der Waals surface area (Å²) in [6, 6.07) is 21.7.